The second-order valence-corrected chi connectivity index (χ2v) is 11.9. The third-order valence-electron chi connectivity index (χ3n) is 9.11. The fourth-order valence-corrected chi connectivity index (χ4v) is 6.90. The summed E-state index contributed by atoms with van der Waals surface area (Å²) in [7, 11) is 0. The molecule has 4 aliphatic rings. The lowest BCUT2D eigenvalue weighted by Crippen LogP contribution is -2.54. The van der Waals surface area contributed by atoms with E-state index < -0.39 is 0 Å². The second kappa shape index (κ2) is 9.84. The van der Waals surface area contributed by atoms with Crippen LogP contribution >= 0.6 is 11.6 Å². The van der Waals surface area contributed by atoms with Crippen LogP contribution in [0.4, 0.5) is 10.5 Å². The number of urea groups is 1. The van der Waals surface area contributed by atoms with Crippen molar-refractivity contribution < 1.29 is 14.3 Å². The Bertz CT molecular complexity index is 1400. The van der Waals surface area contributed by atoms with Crippen LogP contribution in [0.3, 0.4) is 0 Å². The van der Waals surface area contributed by atoms with Crippen molar-refractivity contribution in [1.29, 1.82) is 0 Å². The standard InChI is InChI=1S/C30H34ClN5O3/c31-24-17-32-26-16-20(3-8-23(24)26)28(37)33-25-2-1-11-35-27(25)18-36(29(35)38)22-6-4-21(5-7-22)30(9-10-30)19-34-12-14-39-15-13-34/h3-8,16-17,25,27,32H,1-2,9-15,18-19H2,(H,33,37)/t25-,27-/m1/s1. The lowest BCUT2D eigenvalue weighted by atomic mass is 9.94. The fraction of sp³-hybridized carbons (Fsp3) is 0.467. The normalized spacial score (nSPS) is 24.7. The lowest BCUT2D eigenvalue weighted by molar-refractivity contribution is 0.0336. The molecule has 204 valence electrons. The van der Waals surface area contributed by atoms with Crippen LogP contribution < -0.4 is 10.2 Å². The zero-order valence-corrected chi connectivity index (χ0v) is 22.8. The molecule has 1 aromatic heterocycles. The highest BCUT2D eigenvalue weighted by Crippen LogP contribution is 2.49. The Kier molecular flexibility index (Phi) is 6.29. The van der Waals surface area contributed by atoms with Crippen molar-refractivity contribution in [3.63, 3.8) is 0 Å². The van der Waals surface area contributed by atoms with E-state index in [2.05, 4.69) is 39.5 Å². The number of anilines is 1. The van der Waals surface area contributed by atoms with E-state index >= 15 is 0 Å². The second-order valence-electron chi connectivity index (χ2n) is 11.5. The fourth-order valence-electron chi connectivity index (χ4n) is 6.68. The molecule has 1 saturated carbocycles. The molecular weight excluding hydrogens is 514 g/mol. The van der Waals surface area contributed by atoms with E-state index in [0.717, 1.165) is 68.8 Å². The summed E-state index contributed by atoms with van der Waals surface area (Å²) in [5.74, 6) is -0.125. The molecule has 3 aromatic rings. The van der Waals surface area contributed by atoms with E-state index in [-0.39, 0.29) is 29.4 Å². The first-order valence-electron chi connectivity index (χ1n) is 14.1. The number of H-pyrrole nitrogens is 1. The van der Waals surface area contributed by atoms with Crippen LogP contribution in [-0.4, -0.2) is 84.7 Å². The van der Waals surface area contributed by atoms with Gasteiger partial charge in [0, 0.05) is 59.9 Å². The molecule has 0 spiro atoms. The van der Waals surface area contributed by atoms with E-state index in [0.29, 0.717) is 17.1 Å². The largest absolute Gasteiger partial charge is 0.379 e. The predicted octanol–water partition coefficient (Wildman–Crippen LogP) is 4.39. The molecule has 4 heterocycles. The molecule has 2 aromatic carbocycles. The number of nitrogens with one attached hydrogen (secondary N) is 2. The average Bonchev–Trinajstić information content (AvgIpc) is 3.54. The molecule has 0 radical (unpaired) electrons. The maximum absolute atomic E-state index is 13.5. The number of piperidine rings is 1. The van der Waals surface area contributed by atoms with Gasteiger partial charge in [-0.25, -0.2) is 4.79 Å². The SMILES string of the molecule is O=C(N[C@@H]1CCCN2C(=O)N(c3ccc(C4(CN5CCOCC5)CC4)cc3)C[C@H]12)c1ccc2c(Cl)c[nH]c2c1. The summed E-state index contributed by atoms with van der Waals surface area (Å²) >= 11 is 6.19. The minimum atomic E-state index is -0.125. The van der Waals surface area contributed by atoms with Crippen LogP contribution in [0.1, 0.15) is 41.6 Å². The molecule has 0 bridgehead atoms. The quantitative estimate of drug-likeness (QED) is 0.480. The van der Waals surface area contributed by atoms with Crippen LogP contribution in [-0.2, 0) is 10.2 Å². The van der Waals surface area contributed by atoms with E-state index in [1.807, 2.05) is 21.9 Å². The Morgan fingerprint density at radius 2 is 1.90 bits per heavy atom. The van der Waals surface area contributed by atoms with Gasteiger partial charge in [0.2, 0.25) is 0 Å². The van der Waals surface area contributed by atoms with Gasteiger partial charge in [0.1, 0.15) is 0 Å². The average molecular weight is 548 g/mol. The first kappa shape index (κ1) is 24.9. The number of aromatic nitrogens is 1. The number of ether oxygens (including phenoxy) is 1. The van der Waals surface area contributed by atoms with Crippen molar-refractivity contribution in [1.82, 2.24) is 20.1 Å². The van der Waals surface area contributed by atoms with Crippen LogP contribution in [0.5, 0.6) is 0 Å². The first-order valence-corrected chi connectivity index (χ1v) is 14.4. The summed E-state index contributed by atoms with van der Waals surface area (Å²) in [4.78, 5) is 36.1. The van der Waals surface area contributed by atoms with Gasteiger partial charge in [-0.2, -0.15) is 0 Å². The van der Waals surface area contributed by atoms with Crippen LogP contribution in [0.2, 0.25) is 5.02 Å². The van der Waals surface area contributed by atoms with Gasteiger partial charge in [0.05, 0.1) is 36.9 Å². The minimum Gasteiger partial charge on any atom is -0.379 e. The number of nitrogens with zero attached hydrogens (tertiary/aromatic N) is 3. The van der Waals surface area contributed by atoms with Crippen molar-refractivity contribution in [2.75, 3.05) is 50.8 Å². The van der Waals surface area contributed by atoms with Crippen molar-refractivity contribution in [2.45, 2.75) is 43.2 Å². The van der Waals surface area contributed by atoms with E-state index in [9.17, 15) is 9.59 Å². The predicted molar refractivity (Wildman–Crippen MR) is 152 cm³/mol. The van der Waals surface area contributed by atoms with Gasteiger partial charge in [-0.3, -0.25) is 14.6 Å². The molecular formula is C30H34ClN5O3. The molecule has 3 amide bonds. The number of benzene rings is 2. The Morgan fingerprint density at radius 3 is 2.67 bits per heavy atom. The van der Waals surface area contributed by atoms with Gasteiger partial charge in [0.25, 0.3) is 5.91 Å². The number of aromatic amines is 1. The summed E-state index contributed by atoms with van der Waals surface area (Å²) in [6.07, 6.45) is 5.89. The first-order chi connectivity index (χ1) is 19.0. The molecule has 3 aliphatic heterocycles. The maximum atomic E-state index is 13.5. The highest BCUT2D eigenvalue weighted by atomic mass is 35.5. The number of carbonyl (C=O) groups is 2. The van der Waals surface area contributed by atoms with Crippen molar-refractivity contribution in [2.24, 2.45) is 0 Å². The summed E-state index contributed by atoms with van der Waals surface area (Å²) in [5.41, 5.74) is 3.96. The summed E-state index contributed by atoms with van der Waals surface area (Å²) in [6, 6.07) is 14.0. The number of amides is 3. The Morgan fingerprint density at radius 1 is 1.10 bits per heavy atom. The molecule has 7 rings (SSSR count). The van der Waals surface area contributed by atoms with Gasteiger partial charge >= 0.3 is 6.03 Å². The topological polar surface area (TPSA) is 80.9 Å². The van der Waals surface area contributed by atoms with E-state index in [4.69, 9.17) is 16.3 Å². The summed E-state index contributed by atoms with van der Waals surface area (Å²) in [5, 5.41) is 4.76. The van der Waals surface area contributed by atoms with Gasteiger partial charge in [-0.05, 0) is 55.5 Å². The van der Waals surface area contributed by atoms with Crippen LogP contribution in [0.15, 0.2) is 48.7 Å². The maximum Gasteiger partial charge on any atom is 0.324 e. The molecule has 1 aliphatic carbocycles. The Hall–Kier alpha value is -3.07. The van der Waals surface area contributed by atoms with Gasteiger partial charge in [-0.1, -0.05) is 29.8 Å². The minimum absolute atomic E-state index is 0.0311. The summed E-state index contributed by atoms with van der Waals surface area (Å²) in [6.45, 7) is 6.04. The molecule has 8 nitrogen and oxygen atoms in total. The monoisotopic (exact) mass is 547 g/mol. The summed E-state index contributed by atoms with van der Waals surface area (Å²) < 4.78 is 5.52. The Balaban J connectivity index is 1.04. The lowest BCUT2D eigenvalue weighted by Gasteiger charge is -2.35. The molecule has 3 saturated heterocycles. The van der Waals surface area contributed by atoms with Crippen molar-refractivity contribution >= 4 is 40.1 Å². The van der Waals surface area contributed by atoms with Crippen molar-refractivity contribution in [3.8, 4) is 0 Å². The van der Waals surface area contributed by atoms with E-state index in [1.165, 1.54) is 18.4 Å². The molecule has 2 atom stereocenters. The van der Waals surface area contributed by atoms with Gasteiger partial charge in [-0.15, -0.1) is 0 Å². The molecule has 2 N–H and O–H groups in total. The van der Waals surface area contributed by atoms with Crippen molar-refractivity contribution in [3.05, 3.63) is 64.8 Å². The highest BCUT2D eigenvalue weighted by Gasteiger charge is 2.47. The molecule has 39 heavy (non-hydrogen) atoms. The van der Waals surface area contributed by atoms with Crippen LogP contribution in [0.25, 0.3) is 10.9 Å². The number of hydrogen-bond acceptors (Lipinski definition) is 4. The number of fused-ring (bicyclic) bond motifs is 2. The third-order valence-corrected chi connectivity index (χ3v) is 9.42. The zero-order chi connectivity index (χ0) is 26.6. The smallest absolute Gasteiger partial charge is 0.324 e. The zero-order valence-electron chi connectivity index (χ0n) is 22.0. The molecule has 0 unspecified atom stereocenters. The molecule has 4 fully saturated rings. The highest BCUT2D eigenvalue weighted by molar-refractivity contribution is 6.35. The van der Waals surface area contributed by atoms with Crippen LogP contribution in [0, 0.1) is 0 Å². The number of carbonyl (C=O) groups excluding carboxylic acids is 2. The number of hydrogen-bond donors (Lipinski definition) is 2. The van der Waals surface area contributed by atoms with Gasteiger partial charge < -0.3 is 19.9 Å². The number of halogens is 1. The molecule has 9 heteroatoms. The third kappa shape index (κ3) is 4.58. The van der Waals surface area contributed by atoms with Gasteiger partial charge in [0.15, 0.2) is 0 Å². The number of morpholine rings is 1. The van der Waals surface area contributed by atoms with E-state index in [1.54, 1.807) is 12.3 Å². The Labute approximate surface area is 233 Å². The number of rotatable bonds is 6.